The van der Waals surface area contributed by atoms with Gasteiger partial charge in [0.05, 0.1) is 12.8 Å². The minimum Gasteiger partial charge on any atom is -0.481 e. The maximum atomic E-state index is 12.5. The second-order valence-electron chi connectivity index (χ2n) is 5.40. The molecule has 1 aromatic heterocycles. The fourth-order valence-corrected chi connectivity index (χ4v) is 3.67. The maximum absolute atomic E-state index is 12.5. The van der Waals surface area contributed by atoms with E-state index in [1.165, 1.54) is 13.2 Å². The number of carbonyl (C=O) groups excluding carboxylic acids is 1. The second kappa shape index (κ2) is 6.55. The molecule has 9 nitrogen and oxygen atoms in total. The maximum Gasteiger partial charge on any atom is 0.335 e. The number of sulfonamides is 1. The van der Waals surface area contributed by atoms with Crippen LogP contribution in [0.15, 0.2) is 29.2 Å². The lowest BCUT2D eigenvalue weighted by Gasteiger charge is -2.11. The zero-order valence-electron chi connectivity index (χ0n) is 13.7. The van der Waals surface area contributed by atoms with E-state index < -0.39 is 16.1 Å². The third-order valence-electron chi connectivity index (χ3n) is 3.59. The van der Waals surface area contributed by atoms with E-state index in [0.717, 1.165) is 12.0 Å². The highest BCUT2D eigenvalue weighted by Gasteiger charge is 2.25. The van der Waals surface area contributed by atoms with Gasteiger partial charge in [-0.05, 0) is 25.0 Å². The van der Waals surface area contributed by atoms with Crippen molar-refractivity contribution in [1.29, 1.82) is 0 Å². The molecule has 0 bridgehead atoms. The molecule has 1 aliphatic rings. The first kappa shape index (κ1) is 17.0. The highest BCUT2D eigenvalue weighted by Crippen LogP contribution is 2.29. The van der Waals surface area contributed by atoms with E-state index in [4.69, 9.17) is 4.74 Å². The first-order valence-corrected chi connectivity index (χ1v) is 8.96. The summed E-state index contributed by atoms with van der Waals surface area (Å²) in [4.78, 5) is 20.1. The summed E-state index contributed by atoms with van der Waals surface area (Å²) in [5.74, 6) is 0.205. The molecule has 1 aromatic carbocycles. The number of fused-ring (bicyclic) bond motifs is 1. The van der Waals surface area contributed by atoms with Gasteiger partial charge in [-0.3, -0.25) is 5.32 Å². The molecule has 0 spiro atoms. The molecule has 0 aliphatic carbocycles. The van der Waals surface area contributed by atoms with Crippen molar-refractivity contribution in [1.82, 2.24) is 14.7 Å². The number of anilines is 2. The van der Waals surface area contributed by atoms with Gasteiger partial charge >= 0.3 is 6.03 Å². The Balaban J connectivity index is 1.79. The Kier molecular flexibility index (Phi) is 4.45. The standard InChI is InChI=1S/C15H17N5O4S/c1-9-8-12(24-2)18-14(17-9)19-15(21)20-25(22,23)11-5-3-4-10-6-7-16-13(10)11/h3-5,8,16H,6-7H2,1-2H3,(H2,17,18,19,20,21). The largest absolute Gasteiger partial charge is 0.481 e. The molecule has 0 saturated carbocycles. The molecule has 132 valence electrons. The van der Waals surface area contributed by atoms with E-state index in [-0.39, 0.29) is 16.7 Å². The molecule has 10 heteroatoms. The van der Waals surface area contributed by atoms with Gasteiger partial charge in [0.2, 0.25) is 11.8 Å². The smallest absolute Gasteiger partial charge is 0.335 e. The fourth-order valence-electron chi connectivity index (χ4n) is 2.54. The number of nitrogens with one attached hydrogen (secondary N) is 3. The van der Waals surface area contributed by atoms with Crippen LogP contribution in [0.25, 0.3) is 0 Å². The summed E-state index contributed by atoms with van der Waals surface area (Å²) in [6, 6.07) is 5.56. The third kappa shape index (κ3) is 3.63. The van der Waals surface area contributed by atoms with E-state index in [9.17, 15) is 13.2 Å². The quantitative estimate of drug-likeness (QED) is 0.747. The normalized spacial score (nSPS) is 12.9. The Morgan fingerprint density at radius 1 is 1.32 bits per heavy atom. The molecule has 1 aliphatic heterocycles. The van der Waals surface area contributed by atoms with Crippen molar-refractivity contribution in [3.63, 3.8) is 0 Å². The lowest BCUT2D eigenvalue weighted by molar-refractivity contribution is 0.256. The predicted octanol–water partition coefficient (Wildman–Crippen LogP) is 1.27. The van der Waals surface area contributed by atoms with E-state index in [1.54, 1.807) is 19.1 Å². The number of aromatic nitrogens is 2. The van der Waals surface area contributed by atoms with Crippen LogP contribution in [0.3, 0.4) is 0 Å². The van der Waals surface area contributed by atoms with Crippen molar-refractivity contribution in [3.05, 3.63) is 35.5 Å². The zero-order chi connectivity index (χ0) is 18.0. The van der Waals surface area contributed by atoms with Gasteiger partial charge in [-0.2, -0.15) is 4.98 Å². The van der Waals surface area contributed by atoms with Crippen LogP contribution >= 0.6 is 0 Å². The first-order chi connectivity index (χ1) is 11.9. The molecule has 0 unspecified atom stereocenters. The van der Waals surface area contributed by atoms with Gasteiger partial charge in [0.25, 0.3) is 10.0 Å². The molecule has 0 radical (unpaired) electrons. The number of hydrogen-bond donors (Lipinski definition) is 3. The third-order valence-corrected chi connectivity index (χ3v) is 4.96. The van der Waals surface area contributed by atoms with E-state index in [1.807, 2.05) is 10.8 Å². The molecular weight excluding hydrogens is 346 g/mol. The van der Waals surface area contributed by atoms with Crippen molar-refractivity contribution in [2.45, 2.75) is 18.2 Å². The SMILES string of the molecule is COc1cc(C)nc(NC(=O)NS(=O)(=O)c2cccc3c2NCC3)n1. The Hall–Kier alpha value is -2.88. The molecule has 2 aromatic rings. The molecule has 0 fully saturated rings. The summed E-state index contributed by atoms with van der Waals surface area (Å²) in [5.41, 5.74) is 1.99. The Morgan fingerprint density at radius 2 is 2.12 bits per heavy atom. The second-order valence-corrected chi connectivity index (χ2v) is 7.05. The molecule has 0 saturated heterocycles. The molecule has 0 atom stereocenters. The van der Waals surface area contributed by atoms with Crippen molar-refractivity contribution in [3.8, 4) is 5.88 Å². The molecule has 2 amide bonds. The molecule has 3 N–H and O–H groups in total. The van der Waals surface area contributed by atoms with Gasteiger partial charge in [-0.25, -0.2) is 22.9 Å². The number of benzene rings is 1. The number of nitrogens with zero attached hydrogens (tertiary/aromatic N) is 2. The Labute approximate surface area is 144 Å². The number of amides is 2. The van der Waals surface area contributed by atoms with Crippen LogP contribution in [0.1, 0.15) is 11.3 Å². The molecule has 25 heavy (non-hydrogen) atoms. The van der Waals surface area contributed by atoms with Crippen LogP contribution in [0.2, 0.25) is 0 Å². The average molecular weight is 363 g/mol. The minimum absolute atomic E-state index is 0.0281. The number of rotatable bonds is 4. The minimum atomic E-state index is -4.04. The Bertz CT molecular complexity index is 930. The monoisotopic (exact) mass is 363 g/mol. The van der Waals surface area contributed by atoms with Crippen LogP contribution in [0.5, 0.6) is 5.88 Å². The summed E-state index contributed by atoms with van der Waals surface area (Å²) in [5, 5.41) is 5.33. The number of para-hydroxylation sites is 1. The number of ether oxygens (including phenoxy) is 1. The van der Waals surface area contributed by atoms with Gasteiger partial charge in [0, 0.05) is 18.3 Å². The zero-order valence-corrected chi connectivity index (χ0v) is 14.5. The van der Waals surface area contributed by atoms with Crippen LogP contribution in [0.4, 0.5) is 16.4 Å². The predicted molar refractivity (Wildman–Crippen MR) is 91.3 cm³/mol. The molecule has 3 rings (SSSR count). The van der Waals surface area contributed by atoms with E-state index >= 15 is 0 Å². The van der Waals surface area contributed by atoms with E-state index in [0.29, 0.717) is 17.9 Å². The summed E-state index contributed by atoms with van der Waals surface area (Å²) in [6.07, 6.45) is 0.738. The van der Waals surface area contributed by atoms with Crippen molar-refractivity contribution in [2.24, 2.45) is 0 Å². The van der Waals surface area contributed by atoms with Crippen molar-refractivity contribution in [2.75, 3.05) is 24.3 Å². The first-order valence-electron chi connectivity index (χ1n) is 7.48. The van der Waals surface area contributed by atoms with Crippen molar-refractivity contribution >= 4 is 27.7 Å². The fraction of sp³-hybridized carbons (Fsp3) is 0.267. The summed E-state index contributed by atoms with van der Waals surface area (Å²) in [7, 11) is -2.61. The highest BCUT2D eigenvalue weighted by atomic mass is 32.2. The van der Waals surface area contributed by atoms with Gasteiger partial charge in [-0.1, -0.05) is 12.1 Å². The Morgan fingerprint density at radius 3 is 2.88 bits per heavy atom. The van der Waals surface area contributed by atoms with Crippen molar-refractivity contribution < 1.29 is 17.9 Å². The number of methoxy groups -OCH3 is 1. The van der Waals surface area contributed by atoms with Gasteiger partial charge in [0.1, 0.15) is 4.90 Å². The van der Waals surface area contributed by atoms with Gasteiger partial charge in [-0.15, -0.1) is 0 Å². The summed E-state index contributed by atoms with van der Waals surface area (Å²) >= 11 is 0. The lowest BCUT2D eigenvalue weighted by Crippen LogP contribution is -2.35. The lowest BCUT2D eigenvalue weighted by atomic mass is 10.2. The van der Waals surface area contributed by atoms with Gasteiger partial charge in [0.15, 0.2) is 0 Å². The van der Waals surface area contributed by atoms with Crippen LogP contribution < -0.4 is 20.1 Å². The molecule has 2 heterocycles. The van der Waals surface area contributed by atoms with Crippen LogP contribution in [0, 0.1) is 6.92 Å². The number of aryl methyl sites for hydroxylation is 1. The summed E-state index contributed by atoms with van der Waals surface area (Å²) in [6.45, 7) is 2.36. The van der Waals surface area contributed by atoms with Gasteiger partial charge < -0.3 is 10.1 Å². The van der Waals surface area contributed by atoms with E-state index in [2.05, 4.69) is 20.6 Å². The topological polar surface area (TPSA) is 122 Å². The van der Waals surface area contributed by atoms with Crippen LogP contribution in [-0.4, -0.2) is 38.1 Å². The summed E-state index contributed by atoms with van der Waals surface area (Å²) < 4.78 is 32.0. The molecular formula is C15H17N5O4S. The average Bonchev–Trinajstić information content (AvgIpc) is 3.01. The number of urea groups is 1. The van der Waals surface area contributed by atoms with Crippen LogP contribution in [-0.2, 0) is 16.4 Å². The number of hydrogen-bond acceptors (Lipinski definition) is 7. The highest BCUT2D eigenvalue weighted by molar-refractivity contribution is 7.90. The number of carbonyl (C=O) groups is 1.